The topological polar surface area (TPSA) is 62.6 Å². The maximum atomic E-state index is 12.0. The molecule has 0 radical (unpaired) electrons. The third kappa shape index (κ3) is 3.56. The zero-order valence-electron chi connectivity index (χ0n) is 10.7. The van der Waals surface area contributed by atoms with Gasteiger partial charge in [0.2, 0.25) is 0 Å². The van der Waals surface area contributed by atoms with Gasteiger partial charge in [-0.3, -0.25) is 5.10 Å². The Morgan fingerprint density at radius 1 is 1.10 bits per heavy atom. The molecule has 0 spiro atoms. The number of rotatable bonds is 3. The number of benzene rings is 1. The molecule has 1 heterocycles. The summed E-state index contributed by atoms with van der Waals surface area (Å²) < 4.78 is 39.7. The molecule has 0 saturated heterocycles. The minimum atomic E-state index is -4.70. The fourth-order valence-corrected chi connectivity index (χ4v) is 1.51. The van der Waals surface area contributed by atoms with Crippen molar-refractivity contribution in [3.05, 3.63) is 35.7 Å². The van der Waals surface area contributed by atoms with E-state index in [1.54, 1.807) is 13.8 Å². The van der Waals surface area contributed by atoms with Crippen LogP contribution in [0.2, 0.25) is 0 Å². The van der Waals surface area contributed by atoms with Gasteiger partial charge in [-0.2, -0.15) is 10.2 Å². The third-order valence-corrected chi connectivity index (χ3v) is 2.42. The molecule has 1 N–H and O–H groups in total. The Bertz CT molecular complexity index is 597. The molecule has 2 aromatic rings. The second-order valence-electron chi connectivity index (χ2n) is 4.02. The lowest BCUT2D eigenvalue weighted by Gasteiger charge is -2.07. The van der Waals surface area contributed by atoms with Crippen LogP contribution in [0.25, 0.3) is 0 Å². The number of H-pyrrole nitrogens is 1. The Morgan fingerprint density at radius 2 is 1.75 bits per heavy atom. The fourth-order valence-electron chi connectivity index (χ4n) is 1.51. The molecule has 0 atom stereocenters. The number of alkyl halides is 3. The number of aromatic nitrogens is 2. The van der Waals surface area contributed by atoms with Gasteiger partial charge in [-0.15, -0.1) is 18.3 Å². The van der Waals surface area contributed by atoms with Crippen LogP contribution in [0.5, 0.6) is 5.75 Å². The van der Waals surface area contributed by atoms with Gasteiger partial charge in [0.15, 0.2) is 0 Å². The Labute approximate surface area is 112 Å². The Hall–Kier alpha value is -2.38. The quantitative estimate of drug-likeness (QED) is 0.852. The highest BCUT2D eigenvalue weighted by Crippen LogP contribution is 2.27. The van der Waals surface area contributed by atoms with E-state index in [1.807, 2.05) is 0 Å². The predicted molar refractivity (Wildman–Crippen MR) is 65.4 cm³/mol. The van der Waals surface area contributed by atoms with E-state index in [2.05, 4.69) is 25.2 Å². The average molecular weight is 284 g/mol. The highest BCUT2D eigenvalue weighted by molar-refractivity contribution is 5.46. The first-order chi connectivity index (χ1) is 9.35. The molecule has 0 fully saturated rings. The SMILES string of the molecule is Cc1n[nH]c(C)c1N=Nc1ccc(OC(F)(F)F)cc1. The molecule has 8 heteroatoms. The zero-order chi connectivity index (χ0) is 14.8. The molecular weight excluding hydrogens is 273 g/mol. The number of aromatic amines is 1. The molecule has 1 aromatic carbocycles. The molecule has 5 nitrogen and oxygen atoms in total. The second kappa shape index (κ2) is 5.32. The summed E-state index contributed by atoms with van der Waals surface area (Å²) in [4.78, 5) is 0. The van der Waals surface area contributed by atoms with Crippen molar-refractivity contribution in [1.29, 1.82) is 0 Å². The molecule has 106 valence electrons. The molecule has 0 aliphatic heterocycles. The monoisotopic (exact) mass is 284 g/mol. The van der Waals surface area contributed by atoms with E-state index in [9.17, 15) is 13.2 Å². The standard InChI is InChI=1S/C12H11F3N4O/c1-7-11(8(2)17-16-7)19-18-9-3-5-10(6-4-9)20-12(13,14)15/h3-6H,1-2H3,(H,16,17). The van der Waals surface area contributed by atoms with E-state index in [1.165, 1.54) is 24.3 Å². The first-order valence-electron chi connectivity index (χ1n) is 5.64. The number of ether oxygens (including phenoxy) is 1. The van der Waals surface area contributed by atoms with E-state index in [-0.39, 0.29) is 5.75 Å². The molecule has 0 amide bonds. The summed E-state index contributed by atoms with van der Waals surface area (Å²) in [5.74, 6) is -0.299. The highest BCUT2D eigenvalue weighted by atomic mass is 19.4. The summed E-state index contributed by atoms with van der Waals surface area (Å²) >= 11 is 0. The van der Waals surface area contributed by atoms with Crippen LogP contribution in [-0.4, -0.2) is 16.6 Å². The van der Waals surface area contributed by atoms with Crippen LogP contribution < -0.4 is 4.74 Å². The van der Waals surface area contributed by atoms with E-state index in [0.717, 1.165) is 5.69 Å². The lowest BCUT2D eigenvalue weighted by atomic mass is 10.3. The number of azo groups is 1. The minimum absolute atomic E-state index is 0.299. The van der Waals surface area contributed by atoms with Crippen molar-refractivity contribution in [2.24, 2.45) is 10.2 Å². The summed E-state index contributed by atoms with van der Waals surface area (Å²) in [5.41, 5.74) is 2.49. The van der Waals surface area contributed by atoms with Crippen LogP contribution in [0.1, 0.15) is 11.4 Å². The van der Waals surface area contributed by atoms with Gasteiger partial charge in [-0.05, 0) is 38.1 Å². The van der Waals surface area contributed by atoms with Gasteiger partial charge >= 0.3 is 6.36 Å². The highest BCUT2D eigenvalue weighted by Gasteiger charge is 2.30. The van der Waals surface area contributed by atoms with Gasteiger partial charge in [0.25, 0.3) is 0 Å². The summed E-state index contributed by atoms with van der Waals surface area (Å²) in [6, 6.07) is 5.12. The second-order valence-corrected chi connectivity index (χ2v) is 4.02. The molecule has 1 aromatic heterocycles. The van der Waals surface area contributed by atoms with Crippen molar-refractivity contribution in [2.45, 2.75) is 20.2 Å². The summed E-state index contributed by atoms with van der Waals surface area (Å²) in [6.07, 6.45) is -4.70. The molecule has 2 rings (SSSR count). The predicted octanol–water partition coefficient (Wildman–Crippen LogP) is 4.34. The molecule has 20 heavy (non-hydrogen) atoms. The number of hydrogen-bond acceptors (Lipinski definition) is 4. The van der Waals surface area contributed by atoms with E-state index in [4.69, 9.17) is 0 Å². The maximum Gasteiger partial charge on any atom is 0.573 e. The van der Waals surface area contributed by atoms with Crippen LogP contribution in [0, 0.1) is 13.8 Å². The Kier molecular flexibility index (Phi) is 3.73. The summed E-state index contributed by atoms with van der Waals surface area (Å²) in [7, 11) is 0. The molecule has 0 bridgehead atoms. The average Bonchev–Trinajstić information content (AvgIpc) is 2.67. The third-order valence-electron chi connectivity index (χ3n) is 2.42. The number of hydrogen-bond donors (Lipinski definition) is 1. The Morgan fingerprint density at radius 3 is 2.25 bits per heavy atom. The zero-order valence-corrected chi connectivity index (χ0v) is 10.7. The van der Waals surface area contributed by atoms with Crippen LogP contribution in [0.4, 0.5) is 24.5 Å². The molecular formula is C12H11F3N4O. The minimum Gasteiger partial charge on any atom is -0.406 e. The van der Waals surface area contributed by atoms with Crippen molar-refractivity contribution < 1.29 is 17.9 Å². The first kappa shape index (κ1) is 14.0. The maximum absolute atomic E-state index is 12.0. The van der Waals surface area contributed by atoms with Crippen molar-refractivity contribution >= 4 is 11.4 Å². The van der Waals surface area contributed by atoms with Crippen LogP contribution in [-0.2, 0) is 0 Å². The molecule has 0 aliphatic carbocycles. The van der Waals surface area contributed by atoms with Gasteiger partial charge in [0.05, 0.1) is 17.1 Å². The van der Waals surface area contributed by atoms with Gasteiger partial charge in [0.1, 0.15) is 11.4 Å². The first-order valence-corrected chi connectivity index (χ1v) is 5.64. The normalized spacial score (nSPS) is 12.1. The lowest BCUT2D eigenvalue weighted by Crippen LogP contribution is -2.16. The van der Waals surface area contributed by atoms with Gasteiger partial charge < -0.3 is 4.74 Å². The van der Waals surface area contributed by atoms with E-state index < -0.39 is 6.36 Å². The van der Waals surface area contributed by atoms with Crippen LogP contribution in [0.15, 0.2) is 34.5 Å². The fraction of sp³-hybridized carbons (Fsp3) is 0.250. The molecule has 0 saturated carbocycles. The smallest absolute Gasteiger partial charge is 0.406 e. The largest absolute Gasteiger partial charge is 0.573 e. The molecule has 0 unspecified atom stereocenters. The number of nitrogens with zero attached hydrogens (tertiary/aromatic N) is 3. The van der Waals surface area contributed by atoms with E-state index >= 15 is 0 Å². The van der Waals surface area contributed by atoms with Crippen molar-refractivity contribution in [2.75, 3.05) is 0 Å². The van der Waals surface area contributed by atoms with Gasteiger partial charge in [-0.1, -0.05) is 0 Å². The number of halogens is 3. The summed E-state index contributed by atoms with van der Waals surface area (Å²) in [6.45, 7) is 3.58. The summed E-state index contributed by atoms with van der Waals surface area (Å²) in [5, 5.41) is 14.7. The van der Waals surface area contributed by atoms with Crippen molar-refractivity contribution in [3.63, 3.8) is 0 Å². The van der Waals surface area contributed by atoms with E-state index in [0.29, 0.717) is 17.1 Å². The lowest BCUT2D eigenvalue weighted by molar-refractivity contribution is -0.274. The van der Waals surface area contributed by atoms with Crippen molar-refractivity contribution in [3.8, 4) is 5.75 Å². The van der Waals surface area contributed by atoms with Crippen LogP contribution >= 0.6 is 0 Å². The van der Waals surface area contributed by atoms with Crippen molar-refractivity contribution in [1.82, 2.24) is 10.2 Å². The molecule has 0 aliphatic rings. The number of aryl methyl sites for hydroxylation is 2. The van der Waals surface area contributed by atoms with Crippen LogP contribution in [0.3, 0.4) is 0 Å². The van der Waals surface area contributed by atoms with Gasteiger partial charge in [0, 0.05) is 0 Å². The number of nitrogens with one attached hydrogen (secondary N) is 1. The van der Waals surface area contributed by atoms with Gasteiger partial charge in [-0.25, -0.2) is 0 Å². The Balaban J connectivity index is 2.11.